The molecule has 0 aliphatic carbocycles. The Morgan fingerprint density at radius 2 is 1.64 bits per heavy atom. The van der Waals surface area contributed by atoms with E-state index in [1.54, 1.807) is 24.3 Å². The van der Waals surface area contributed by atoms with Crippen molar-refractivity contribution >= 4 is 17.8 Å². The summed E-state index contributed by atoms with van der Waals surface area (Å²) in [5.41, 5.74) is -0.172. The summed E-state index contributed by atoms with van der Waals surface area (Å²) in [6, 6.07) is 13.2. The van der Waals surface area contributed by atoms with Crippen molar-refractivity contribution in [2.75, 3.05) is 19.8 Å². The molecule has 11 heteroatoms. The van der Waals surface area contributed by atoms with Crippen LogP contribution in [-0.4, -0.2) is 49.6 Å². The van der Waals surface area contributed by atoms with Crippen LogP contribution in [0.2, 0.25) is 0 Å². The van der Waals surface area contributed by atoms with Crippen LogP contribution in [0.25, 0.3) is 0 Å². The molecule has 1 aliphatic heterocycles. The maximum absolute atomic E-state index is 12.2. The summed E-state index contributed by atoms with van der Waals surface area (Å²) in [4.78, 5) is 36.4. The fraction of sp³-hybridized carbons (Fsp3) is 0.318. The molecule has 1 N–H and O–H groups in total. The molecule has 1 amide bonds. The van der Waals surface area contributed by atoms with Gasteiger partial charge in [0.2, 0.25) is 0 Å². The van der Waals surface area contributed by atoms with Gasteiger partial charge in [-0.1, -0.05) is 30.3 Å². The van der Waals surface area contributed by atoms with Crippen molar-refractivity contribution in [3.8, 4) is 5.75 Å². The number of ketones is 1. The number of hydrogen-bond donors (Lipinski definition) is 1. The summed E-state index contributed by atoms with van der Waals surface area (Å²) in [6.07, 6.45) is -5.82. The third kappa shape index (κ3) is 7.49. The van der Waals surface area contributed by atoms with Gasteiger partial charge in [0, 0.05) is 5.56 Å². The maximum atomic E-state index is 12.2. The number of rotatable bonds is 9. The van der Waals surface area contributed by atoms with Crippen LogP contribution >= 0.6 is 0 Å². The Balaban J connectivity index is 1.44. The molecule has 0 atom stereocenters. The molecular weight excluding hydrogens is 447 g/mol. The minimum atomic E-state index is -4.84. The topological polar surface area (TPSA) is 100 Å². The molecule has 33 heavy (non-hydrogen) atoms. The first kappa shape index (κ1) is 24.1. The smallest absolute Gasteiger partial charge is 0.457 e. The van der Waals surface area contributed by atoms with Crippen molar-refractivity contribution in [2.24, 2.45) is 0 Å². The van der Waals surface area contributed by atoms with Gasteiger partial charge in [0.25, 0.3) is 0 Å². The Labute approximate surface area is 186 Å². The van der Waals surface area contributed by atoms with Crippen molar-refractivity contribution in [3.63, 3.8) is 0 Å². The Bertz CT molecular complexity index is 974. The second kappa shape index (κ2) is 10.3. The summed E-state index contributed by atoms with van der Waals surface area (Å²) < 4.78 is 55.5. The number of Topliss-reactive ketones (excluding diaryl/α,β-unsaturated/α-hetero) is 1. The highest BCUT2D eigenvalue weighted by molar-refractivity contribution is 5.98. The number of alkyl carbamates (subject to hydrolysis) is 1. The molecule has 1 heterocycles. The first-order chi connectivity index (χ1) is 15.6. The molecule has 176 valence electrons. The van der Waals surface area contributed by atoms with E-state index in [2.05, 4.69) is 10.1 Å². The standard InChI is InChI=1S/C22H20F3NO7/c23-22(24,25)33-17-8-6-16(7-9-17)18(27)12-31-19(28)10-21(13-30-14-21)26-20(29)32-11-15-4-2-1-3-5-15/h1-9H,10-14H2,(H,26,29). The molecule has 0 aromatic heterocycles. The zero-order chi connectivity index (χ0) is 23.9. The third-order valence-electron chi connectivity index (χ3n) is 4.59. The molecule has 0 saturated carbocycles. The highest BCUT2D eigenvalue weighted by atomic mass is 19.4. The zero-order valence-corrected chi connectivity index (χ0v) is 17.2. The van der Waals surface area contributed by atoms with Crippen LogP contribution in [-0.2, 0) is 25.6 Å². The first-order valence-electron chi connectivity index (χ1n) is 9.75. The van der Waals surface area contributed by atoms with Crippen LogP contribution in [0, 0.1) is 0 Å². The van der Waals surface area contributed by atoms with Crippen molar-refractivity contribution < 1.29 is 46.5 Å². The van der Waals surface area contributed by atoms with Crippen molar-refractivity contribution in [1.82, 2.24) is 5.32 Å². The monoisotopic (exact) mass is 467 g/mol. The molecule has 8 nitrogen and oxygen atoms in total. The Morgan fingerprint density at radius 3 is 2.21 bits per heavy atom. The molecule has 0 unspecified atom stereocenters. The lowest BCUT2D eigenvalue weighted by atomic mass is 9.93. The molecule has 0 radical (unpaired) electrons. The Hall–Kier alpha value is -3.60. The van der Waals surface area contributed by atoms with Crippen molar-refractivity contribution in [2.45, 2.75) is 24.9 Å². The number of carbonyl (C=O) groups is 3. The average molecular weight is 467 g/mol. The van der Waals surface area contributed by atoms with E-state index in [1.807, 2.05) is 6.07 Å². The zero-order valence-electron chi connectivity index (χ0n) is 17.2. The van der Waals surface area contributed by atoms with Gasteiger partial charge < -0.3 is 24.3 Å². The van der Waals surface area contributed by atoms with Gasteiger partial charge >= 0.3 is 18.4 Å². The number of esters is 1. The molecule has 0 spiro atoms. The Kier molecular flexibility index (Phi) is 7.54. The predicted octanol–water partition coefficient (Wildman–Crippen LogP) is 3.40. The minimum absolute atomic E-state index is 0.0432. The highest BCUT2D eigenvalue weighted by Gasteiger charge is 2.43. The number of alkyl halides is 3. The second-order valence-corrected chi connectivity index (χ2v) is 7.29. The molecule has 1 aliphatic rings. The van der Waals surface area contributed by atoms with Crippen LogP contribution in [0.3, 0.4) is 0 Å². The van der Waals surface area contributed by atoms with Gasteiger partial charge in [0.05, 0.1) is 19.6 Å². The van der Waals surface area contributed by atoms with Gasteiger partial charge in [-0.15, -0.1) is 13.2 Å². The number of hydrogen-bond acceptors (Lipinski definition) is 7. The number of carbonyl (C=O) groups excluding carboxylic acids is 3. The summed E-state index contributed by atoms with van der Waals surface area (Å²) >= 11 is 0. The van der Waals surface area contributed by atoms with Gasteiger partial charge in [0.15, 0.2) is 12.4 Å². The van der Waals surface area contributed by atoms with Crippen LogP contribution in [0.5, 0.6) is 5.75 Å². The quantitative estimate of drug-likeness (QED) is 0.446. The van der Waals surface area contributed by atoms with Gasteiger partial charge in [-0.3, -0.25) is 9.59 Å². The van der Waals surface area contributed by atoms with Crippen LogP contribution in [0.1, 0.15) is 22.3 Å². The lowest BCUT2D eigenvalue weighted by Crippen LogP contribution is -2.63. The highest BCUT2D eigenvalue weighted by Crippen LogP contribution is 2.24. The summed E-state index contributed by atoms with van der Waals surface area (Å²) in [5, 5.41) is 2.60. The minimum Gasteiger partial charge on any atom is -0.457 e. The summed E-state index contributed by atoms with van der Waals surface area (Å²) in [6.45, 7) is -0.433. The van der Waals surface area contributed by atoms with Crippen molar-refractivity contribution in [1.29, 1.82) is 0 Å². The van der Waals surface area contributed by atoms with Crippen LogP contribution < -0.4 is 10.1 Å². The van der Waals surface area contributed by atoms with Crippen LogP contribution in [0.4, 0.5) is 18.0 Å². The fourth-order valence-electron chi connectivity index (χ4n) is 2.94. The largest absolute Gasteiger partial charge is 0.573 e. The Morgan fingerprint density at radius 1 is 0.970 bits per heavy atom. The van der Waals surface area contributed by atoms with E-state index in [4.69, 9.17) is 14.2 Å². The molecule has 0 bridgehead atoms. The lowest BCUT2D eigenvalue weighted by Gasteiger charge is -2.40. The predicted molar refractivity (Wildman–Crippen MR) is 106 cm³/mol. The number of benzene rings is 2. The number of halogens is 3. The molecule has 2 aromatic rings. The van der Waals surface area contributed by atoms with E-state index in [1.165, 1.54) is 0 Å². The number of ether oxygens (including phenoxy) is 4. The lowest BCUT2D eigenvalue weighted by molar-refractivity contribution is -0.274. The summed E-state index contributed by atoms with van der Waals surface area (Å²) in [5.74, 6) is -1.85. The normalized spacial score (nSPS) is 14.5. The molecular formula is C22H20F3NO7. The molecule has 1 saturated heterocycles. The van der Waals surface area contributed by atoms with E-state index in [-0.39, 0.29) is 31.8 Å². The SMILES string of the molecule is O=C(CC1(NC(=O)OCc2ccccc2)COC1)OCC(=O)c1ccc(OC(F)(F)F)cc1. The number of nitrogens with one attached hydrogen (secondary N) is 1. The first-order valence-corrected chi connectivity index (χ1v) is 9.75. The third-order valence-corrected chi connectivity index (χ3v) is 4.59. The fourth-order valence-corrected chi connectivity index (χ4v) is 2.94. The van der Waals surface area contributed by atoms with Crippen LogP contribution in [0.15, 0.2) is 54.6 Å². The van der Waals surface area contributed by atoms with E-state index < -0.39 is 42.1 Å². The van der Waals surface area contributed by atoms with Gasteiger partial charge in [0.1, 0.15) is 17.9 Å². The van der Waals surface area contributed by atoms with Crippen molar-refractivity contribution in [3.05, 3.63) is 65.7 Å². The number of amides is 1. The summed E-state index contributed by atoms with van der Waals surface area (Å²) in [7, 11) is 0. The molecule has 3 rings (SSSR count). The van der Waals surface area contributed by atoms with E-state index in [9.17, 15) is 27.6 Å². The van der Waals surface area contributed by atoms with Gasteiger partial charge in [-0.05, 0) is 29.8 Å². The van der Waals surface area contributed by atoms with Gasteiger partial charge in [-0.25, -0.2) is 4.79 Å². The second-order valence-electron chi connectivity index (χ2n) is 7.29. The molecule has 1 fully saturated rings. The van der Waals surface area contributed by atoms with E-state index in [0.717, 1.165) is 29.8 Å². The van der Waals surface area contributed by atoms with E-state index >= 15 is 0 Å². The average Bonchev–Trinajstić information content (AvgIpc) is 2.74. The maximum Gasteiger partial charge on any atom is 0.573 e. The molecule has 2 aromatic carbocycles. The van der Waals surface area contributed by atoms with Gasteiger partial charge in [-0.2, -0.15) is 0 Å². The van der Waals surface area contributed by atoms with E-state index in [0.29, 0.717) is 0 Å².